The molecular weight excluding hydrogens is 386 g/mol. The zero-order valence-corrected chi connectivity index (χ0v) is 17.1. The summed E-state index contributed by atoms with van der Waals surface area (Å²) >= 11 is 1.39. The molecule has 0 spiro atoms. The number of hydrogen-bond acceptors (Lipinski definition) is 5. The van der Waals surface area contributed by atoms with Crippen LogP contribution in [-0.4, -0.2) is 54.8 Å². The van der Waals surface area contributed by atoms with Gasteiger partial charge in [-0.2, -0.15) is 4.31 Å². The van der Waals surface area contributed by atoms with Crippen molar-refractivity contribution in [2.24, 2.45) is 0 Å². The number of sulfonamides is 1. The molecule has 7 nitrogen and oxygen atoms in total. The first kappa shape index (κ1) is 21.5. The van der Waals surface area contributed by atoms with Gasteiger partial charge in [0.05, 0.1) is 10.8 Å². The van der Waals surface area contributed by atoms with E-state index in [2.05, 4.69) is 17.2 Å². The minimum Gasteiger partial charge on any atom is -0.352 e. The molecule has 2 N–H and O–H groups in total. The topological polar surface area (TPSA) is 95.6 Å². The molecule has 0 aliphatic carbocycles. The highest BCUT2D eigenvalue weighted by molar-refractivity contribution is 8.00. The molecule has 2 unspecified atom stereocenters. The third-order valence-corrected chi connectivity index (χ3v) is 7.28. The largest absolute Gasteiger partial charge is 0.352 e. The first-order chi connectivity index (χ1) is 12.8. The van der Waals surface area contributed by atoms with E-state index in [-0.39, 0.29) is 40.7 Å². The van der Waals surface area contributed by atoms with E-state index in [1.807, 2.05) is 13.8 Å². The number of amides is 2. The highest BCUT2D eigenvalue weighted by Gasteiger charge is 2.40. The average Bonchev–Trinajstić information content (AvgIpc) is 3.17. The third kappa shape index (κ3) is 5.12. The van der Waals surface area contributed by atoms with Crippen LogP contribution in [0.3, 0.4) is 0 Å². The van der Waals surface area contributed by atoms with Gasteiger partial charge in [0.1, 0.15) is 6.04 Å². The van der Waals surface area contributed by atoms with Gasteiger partial charge in [-0.05, 0) is 31.5 Å². The molecule has 2 atom stereocenters. The number of thioether (sulfide) groups is 1. The number of carbonyl (C=O) groups is 2. The van der Waals surface area contributed by atoms with Crippen LogP contribution in [-0.2, 0) is 14.8 Å². The van der Waals surface area contributed by atoms with Crippen molar-refractivity contribution in [2.75, 3.05) is 18.2 Å². The standard InChI is InChI=1S/C18H25N3O4S2/c1-4-9-19-17(22)14-7-6-8-15(10-14)27(24,25)21-12-26-11-16(21)18(23)20-13(3)5-2/h4,6-8,10,13,16H,1,5,9,11-12H2,2-3H3,(H,19,22)(H,20,23). The summed E-state index contributed by atoms with van der Waals surface area (Å²) in [5.41, 5.74) is 0.241. The summed E-state index contributed by atoms with van der Waals surface area (Å²) in [4.78, 5) is 24.6. The molecule has 2 rings (SSSR count). The number of nitrogens with zero attached hydrogens (tertiary/aromatic N) is 1. The molecule has 27 heavy (non-hydrogen) atoms. The van der Waals surface area contributed by atoms with E-state index in [0.29, 0.717) is 5.75 Å². The SMILES string of the molecule is C=CCNC(=O)c1cccc(S(=O)(=O)N2CSCC2C(=O)NC(C)CC)c1. The molecular formula is C18H25N3O4S2. The molecule has 0 aromatic heterocycles. The molecule has 1 aliphatic rings. The zero-order chi connectivity index (χ0) is 20.0. The maximum Gasteiger partial charge on any atom is 0.251 e. The van der Waals surface area contributed by atoms with Crippen molar-refractivity contribution in [1.29, 1.82) is 0 Å². The maximum absolute atomic E-state index is 13.1. The van der Waals surface area contributed by atoms with Gasteiger partial charge in [-0.15, -0.1) is 18.3 Å². The van der Waals surface area contributed by atoms with Gasteiger partial charge in [-0.1, -0.05) is 19.1 Å². The molecule has 148 valence electrons. The summed E-state index contributed by atoms with van der Waals surface area (Å²) in [5, 5.41) is 5.46. The Balaban J connectivity index is 2.25. The zero-order valence-electron chi connectivity index (χ0n) is 15.5. The highest BCUT2D eigenvalue weighted by atomic mass is 32.2. The molecule has 1 heterocycles. The monoisotopic (exact) mass is 411 g/mol. The second-order valence-electron chi connectivity index (χ2n) is 6.25. The Morgan fingerprint density at radius 3 is 2.85 bits per heavy atom. The molecule has 2 amide bonds. The Kier molecular flexibility index (Phi) is 7.46. The van der Waals surface area contributed by atoms with Crippen LogP contribution in [0, 0.1) is 0 Å². The number of nitrogens with one attached hydrogen (secondary N) is 2. The van der Waals surface area contributed by atoms with Crippen LogP contribution < -0.4 is 10.6 Å². The smallest absolute Gasteiger partial charge is 0.251 e. The molecule has 1 fully saturated rings. The van der Waals surface area contributed by atoms with E-state index in [9.17, 15) is 18.0 Å². The predicted molar refractivity (Wildman–Crippen MR) is 107 cm³/mol. The minimum absolute atomic E-state index is 0.00223. The second-order valence-corrected chi connectivity index (χ2v) is 9.14. The predicted octanol–water partition coefficient (Wildman–Crippen LogP) is 1.58. The first-order valence-electron chi connectivity index (χ1n) is 8.70. The van der Waals surface area contributed by atoms with Crippen LogP contribution in [0.15, 0.2) is 41.8 Å². The minimum atomic E-state index is -3.90. The summed E-state index contributed by atoms with van der Waals surface area (Å²) in [6.07, 6.45) is 2.31. The Bertz CT molecular complexity index is 811. The first-order valence-corrected chi connectivity index (χ1v) is 11.3. The molecule has 1 aliphatic heterocycles. The van der Waals surface area contributed by atoms with Gasteiger partial charge in [0.2, 0.25) is 15.9 Å². The summed E-state index contributed by atoms with van der Waals surface area (Å²) in [5.74, 6) is -0.0685. The van der Waals surface area contributed by atoms with E-state index >= 15 is 0 Å². The van der Waals surface area contributed by atoms with E-state index in [0.717, 1.165) is 6.42 Å². The van der Waals surface area contributed by atoms with Crippen molar-refractivity contribution in [3.63, 3.8) is 0 Å². The second kappa shape index (κ2) is 9.38. The van der Waals surface area contributed by atoms with Gasteiger partial charge in [0.25, 0.3) is 5.91 Å². The van der Waals surface area contributed by atoms with Crippen molar-refractivity contribution in [1.82, 2.24) is 14.9 Å². The van der Waals surface area contributed by atoms with Gasteiger partial charge in [0, 0.05) is 23.9 Å². The van der Waals surface area contributed by atoms with Crippen LogP contribution in [0.25, 0.3) is 0 Å². The van der Waals surface area contributed by atoms with E-state index in [1.165, 1.54) is 34.3 Å². The van der Waals surface area contributed by atoms with Crippen molar-refractivity contribution in [2.45, 2.75) is 37.2 Å². The lowest BCUT2D eigenvalue weighted by molar-refractivity contribution is -0.124. The van der Waals surface area contributed by atoms with Crippen LogP contribution in [0.5, 0.6) is 0 Å². The fourth-order valence-electron chi connectivity index (χ4n) is 2.51. The number of benzene rings is 1. The average molecular weight is 412 g/mol. The third-order valence-electron chi connectivity index (χ3n) is 4.26. The summed E-state index contributed by atoms with van der Waals surface area (Å²) in [7, 11) is -3.90. The van der Waals surface area contributed by atoms with Crippen molar-refractivity contribution >= 4 is 33.6 Å². The lowest BCUT2D eigenvalue weighted by Crippen LogP contribution is -2.49. The van der Waals surface area contributed by atoms with Crippen LogP contribution >= 0.6 is 11.8 Å². The molecule has 9 heteroatoms. The Labute approximate surface area is 164 Å². The van der Waals surface area contributed by atoms with E-state index in [1.54, 1.807) is 12.1 Å². The van der Waals surface area contributed by atoms with Gasteiger partial charge < -0.3 is 10.6 Å². The van der Waals surface area contributed by atoms with Gasteiger partial charge in [-0.3, -0.25) is 9.59 Å². The summed E-state index contributed by atoms with van der Waals surface area (Å²) in [6.45, 7) is 7.65. The normalized spacial score (nSPS) is 18.7. The Morgan fingerprint density at radius 1 is 1.44 bits per heavy atom. The van der Waals surface area contributed by atoms with Crippen molar-refractivity contribution in [3.8, 4) is 0 Å². The fraction of sp³-hybridized carbons (Fsp3) is 0.444. The van der Waals surface area contributed by atoms with Crippen molar-refractivity contribution < 1.29 is 18.0 Å². The van der Waals surface area contributed by atoms with Gasteiger partial charge >= 0.3 is 0 Å². The molecule has 1 aromatic rings. The summed E-state index contributed by atoms with van der Waals surface area (Å²) in [6, 6.07) is 5.06. The Hall–Kier alpha value is -1.84. The van der Waals surface area contributed by atoms with Crippen LogP contribution in [0.4, 0.5) is 0 Å². The quantitative estimate of drug-likeness (QED) is 0.633. The lowest BCUT2D eigenvalue weighted by atomic mass is 10.2. The summed E-state index contributed by atoms with van der Waals surface area (Å²) < 4.78 is 27.4. The molecule has 0 saturated carbocycles. The van der Waals surface area contributed by atoms with Crippen LogP contribution in [0.1, 0.15) is 30.6 Å². The molecule has 0 bridgehead atoms. The molecule has 1 saturated heterocycles. The van der Waals surface area contributed by atoms with Crippen molar-refractivity contribution in [3.05, 3.63) is 42.5 Å². The highest BCUT2D eigenvalue weighted by Crippen LogP contribution is 2.29. The maximum atomic E-state index is 13.1. The number of carbonyl (C=O) groups excluding carboxylic acids is 2. The van der Waals surface area contributed by atoms with Crippen LogP contribution in [0.2, 0.25) is 0 Å². The van der Waals surface area contributed by atoms with Gasteiger partial charge in [0.15, 0.2) is 0 Å². The number of hydrogen-bond donors (Lipinski definition) is 2. The molecule has 0 radical (unpaired) electrons. The Morgan fingerprint density at radius 2 is 2.19 bits per heavy atom. The van der Waals surface area contributed by atoms with Gasteiger partial charge in [-0.25, -0.2) is 8.42 Å². The number of rotatable bonds is 8. The lowest BCUT2D eigenvalue weighted by Gasteiger charge is -2.24. The van der Waals surface area contributed by atoms with E-state index < -0.39 is 16.1 Å². The molecule has 1 aromatic carbocycles. The van der Waals surface area contributed by atoms with E-state index in [4.69, 9.17) is 0 Å². The fourth-order valence-corrected chi connectivity index (χ4v) is 5.71.